The molecule has 0 amide bonds. The molecule has 2 aromatic rings. The molecule has 0 saturated carbocycles. The van der Waals surface area contributed by atoms with E-state index in [4.69, 9.17) is 0 Å². The summed E-state index contributed by atoms with van der Waals surface area (Å²) in [6, 6.07) is 8.08. The van der Waals surface area contributed by atoms with Gasteiger partial charge >= 0.3 is 0 Å². The van der Waals surface area contributed by atoms with Crippen LogP contribution in [-0.2, 0) is 0 Å². The van der Waals surface area contributed by atoms with E-state index in [0.29, 0.717) is 0 Å². The fourth-order valence-electron chi connectivity index (χ4n) is 1.84. The first-order valence-electron chi connectivity index (χ1n) is 5.97. The van der Waals surface area contributed by atoms with E-state index in [1.54, 1.807) is 11.3 Å². The number of hydrogen-bond donors (Lipinski definition) is 2. The topological polar surface area (TPSA) is 45.1 Å². The molecule has 2 rings (SSSR count). The van der Waals surface area contributed by atoms with Gasteiger partial charge in [0.2, 0.25) is 0 Å². The van der Waals surface area contributed by atoms with Gasteiger partial charge in [0.25, 0.3) is 0 Å². The zero-order chi connectivity index (χ0) is 12.3. The number of aliphatic hydroxyl groups excluding tert-OH is 1. The molecule has 0 fully saturated rings. The Morgan fingerprint density at radius 3 is 2.59 bits per heavy atom. The van der Waals surface area contributed by atoms with E-state index in [1.165, 1.54) is 4.70 Å². The summed E-state index contributed by atoms with van der Waals surface area (Å²) in [5.74, 6) is 0. The maximum absolute atomic E-state index is 9.53. The van der Waals surface area contributed by atoms with Crippen LogP contribution in [0.15, 0.2) is 24.3 Å². The van der Waals surface area contributed by atoms with E-state index in [2.05, 4.69) is 30.2 Å². The molecule has 0 radical (unpaired) electrons. The molecule has 1 aromatic carbocycles. The summed E-state index contributed by atoms with van der Waals surface area (Å²) >= 11 is 1.64. The van der Waals surface area contributed by atoms with Crippen LogP contribution in [-0.4, -0.2) is 22.2 Å². The van der Waals surface area contributed by atoms with Crippen LogP contribution < -0.4 is 5.32 Å². The number of benzene rings is 1. The molecule has 0 aliphatic carbocycles. The van der Waals surface area contributed by atoms with Crippen LogP contribution in [0.1, 0.15) is 26.7 Å². The van der Waals surface area contributed by atoms with Crippen LogP contribution >= 0.6 is 11.3 Å². The van der Waals surface area contributed by atoms with Gasteiger partial charge in [-0.2, -0.15) is 0 Å². The molecule has 92 valence electrons. The maximum atomic E-state index is 9.53. The van der Waals surface area contributed by atoms with Gasteiger partial charge in [-0.3, -0.25) is 0 Å². The molecule has 2 N–H and O–H groups in total. The molecule has 4 heteroatoms. The SMILES string of the molecule is CCC(CC)(CO)Nc1nc2ccccc2s1. The van der Waals surface area contributed by atoms with Gasteiger partial charge in [0.1, 0.15) is 0 Å². The normalized spacial score (nSPS) is 11.9. The molecule has 1 heterocycles. The van der Waals surface area contributed by atoms with Gasteiger partial charge in [-0.05, 0) is 25.0 Å². The van der Waals surface area contributed by atoms with Gasteiger partial charge < -0.3 is 10.4 Å². The van der Waals surface area contributed by atoms with Crippen LogP contribution in [0, 0.1) is 0 Å². The Kier molecular flexibility index (Phi) is 3.64. The van der Waals surface area contributed by atoms with Crippen LogP contribution in [0.3, 0.4) is 0 Å². The Bertz CT molecular complexity index is 450. The predicted molar refractivity (Wildman–Crippen MR) is 73.6 cm³/mol. The molecule has 0 spiro atoms. The highest BCUT2D eigenvalue weighted by atomic mass is 32.1. The highest BCUT2D eigenvalue weighted by molar-refractivity contribution is 7.22. The number of rotatable bonds is 5. The summed E-state index contributed by atoms with van der Waals surface area (Å²) in [5, 5.41) is 13.8. The second-order valence-electron chi connectivity index (χ2n) is 4.26. The van der Waals surface area contributed by atoms with Gasteiger partial charge in [0.15, 0.2) is 5.13 Å². The number of nitrogens with zero attached hydrogens (tertiary/aromatic N) is 1. The van der Waals surface area contributed by atoms with Crippen molar-refractivity contribution in [2.24, 2.45) is 0 Å². The summed E-state index contributed by atoms with van der Waals surface area (Å²) in [4.78, 5) is 4.54. The lowest BCUT2D eigenvalue weighted by Gasteiger charge is -2.30. The van der Waals surface area contributed by atoms with E-state index < -0.39 is 0 Å². The third-order valence-electron chi connectivity index (χ3n) is 3.32. The van der Waals surface area contributed by atoms with Crippen molar-refractivity contribution in [2.75, 3.05) is 11.9 Å². The standard InChI is InChI=1S/C13H18N2OS/c1-3-13(4-2,9-16)15-12-14-10-7-5-6-8-11(10)17-12/h5-8,16H,3-4,9H2,1-2H3,(H,14,15). The van der Waals surface area contributed by atoms with Gasteiger partial charge in [0, 0.05) is 0 Å². The number of fused-ring (bicyclic) bond motifs is 1. The molecule has 0 aliphatic rings. The fourth-order valence-corrected chi connectivity index (χ4v) is 2.83. The van der Waals surface area contributed by atoms with Crippen molar-refractivity contribution in [3.8, 4) is 0 Å². The molecule has 0 saturated heterocycles. The third-order valence-corrected chi connectivity index (χ3v) is 4.27. The van der Waals surface area contributed by atoms with Crippen LogP contribution in [0.5, 0.6) is 0 Å². The van der Waals surface area contributed by atoms with Crippen molar-refractivity contribution >= 4 is 26.7 Å². The first kappa shape index (κ1) is 12.3. The Morgan fingerprint density at radius 2 is 2.00 bits per heavy atom. The zero-order valence-corrected chi connectivity index (χ0v) is 11.0. The lowest BCUT2D eigenvalue weighted by atomic mass is 9.94. The Hall–Kier alpha value is -1.13. The van der Waals surface area contributed by atoms with Crippen LogP contribution in [0.25, 0.3) is 10.2 Å². The second kappa shape index (κ2) is 5.02. The average molecular weight is 250 g/mol. The minimum Gasteiger partial charge on any atom is -0.394 e. The van der Waals surface area contributed by atoms with Crippen LogP contribution in [0.2, 0.25) is 0 Å². The summed E-state index contributed by atoms with van der Waals surface area (Å²) in [5.41, 5.74) is 0.771. The zero-order valence-electron chi connectivity index (χ0n) is 10.2. The van der Waals surface area contributed by atoms with E-state index in [1.807, 2.05) is 18.2 Å². The number of aliphatic hydroxyl groups is 1. The smallest absolute Gasteiger partial charge is 0.184 e. The number of aromatic nitrogens is 1. The van der Waals surface area contributed by atoms with E-state index in [9.17, 15) is 5.11 Å². The van der Waals surface area contributed by atoms with E-state index in [-0.39, 0.29) is 12.1 Å². The van der Waals surface area contributed by atoms with Gasteiger partial charge in [-0.25, -0.2) is 4.98 Å². The highest BCUT2D eigenvalue weighted by Gasteiger charge is 2.25. The van der Waals surface area contributed by atoms with Gasteiger partial charge in [-0.1, -0.05) is 37.3 Å². The maximum Gasteiger partial charge on any atom is 0.184 e. The molecule has 17 heavy (non-hydrogen) atoms. The average Bonchev–Trinajstić information content (AvgIpc) is 2.78. The largest absolute Gasteiger partial charge is 0.394 e. The molecule has 1 aromatic heterocycles. The van der Waals surface area contributed by atoms with Gasteiger partial charge in [-0.15, -0.1) is 0 Å². The Morgan fingerprint density at radius 1 is 1.29 bits per heavy atom. The fraction of sp³-hybridized carbons (Fsp3) is 0.462. The van der Waals surface area contributed by atoms with Crippen LogP contribution in [0.4, 0.5) is 5.13 Å². The number of anilines is 1. The van der Waals surface area contributed by atoms with E-state index in [0.717, 1.165) is 23.5 Å². The lowest BCUT2D eigenvalue weighted by Crippen LogP contribution is -2.40. The summed E-state index contributed by atoms with van der Waals surface area (Å²) in [6.07, 6.45) is 1.77. The number of hydrogen-bond acceptors (Lipinski definition) is 4. The molecule has 0 atom stereocenters. The van der Waals surface area contributed by atoms with Crippen molar-refractivity contribution in [1.29, 1.82) is 0 Å². The Labute approximate surface area is 106 Å². The predicted octanol–water partition coefficient (Wildman–Crippen LogP) is 3.26. The quantitative estimate of drug-likeness (QED) is 0.856. The molecular weight excluding hydrogens is 232 g/mol. The highest BCUT2D eigenvalue weighted by Crippen LogP contribution is 2.29. The third kappa shape index (κ3) is 2.42. The first-order valence-corrected chi connectivity index (χ1v) is 6.79. The molecule has 0 bridgehead atoms. The first-order chi connectivity index (χ1) is 8.23. The minimum atomic E-state index is -0.242. The number of nitrogens with one attached hydrogen (secondary N) is 1. The number of thiazole rings is 1. The lowest BCUT2D eigenvalue weighted by molar-refractivity contribution is 0.202. The summed E-state index contributed by atoms with van der Waals surface area (Å²) in [7, 11) is 0. The Balaban J connectivity index is 2.28. The molecule has 0 unspecified atom stereocenters. The van der Waals surface area contributed by atoms with Crippen molar-refractivity contribution in [1.82, 2.24) is 4.98 Å². The van der Waals surface area contributed by atoms with E-state index >= 15 is 0 Å². The molecule has 3 nitrogen and oxygen atoms in total. The van der Waals surface area contributed by atoms with Gasteiger partial charge in [0.05, 0.1) is 22.4 Å². The summed E-state index contributed by atoms with van der Waals surface area (Å²) < 4.78 is 1.18. The van der Waals surface area contributed by atoms with Crippen molar-refractivity contribution in [3.63, 3.8) is 0 Å². The minimum absolute atomic E-state index is 0.135. The second-order valence-corrected chi connectivity index (χ2v) is 5.29. The van der Waals surface area contributed by atoms with Crippen molar-refractivity contribution < 1.29 is 5.11 Å². The number of para-hydroxylation sites is 1. The molecule has 0 aliphatic heterocycles. The molecular formula is C13H18N2OS. The monoisotopic (exact) mass is 250 g/mol. The van der Waals surface area contributed by atoms with Crippen molar-refractivity contribution in [2.45, 2.75) is 32.2 Å². The summed E-state index contributed by atoms with van der Waals surface area (Å²) in [6.45, 7) is 4.30. The van der Waals surface area contributed by atoms with Crippen molar-refractivity contribution in [3.05, 3.63) is 24.3 Å².